The molecule has 0 radical (unpaired) electrons. The third-order valence-corrected chi connectivity index (χ3v) is 11.7. The maximum atomic E-state index is 15.4. The lowest BCUT2D eigenvalue weighted by Gasteiger charge is -2.16. The minimum absolute atomic E-state index is 0.0950. The fraction of sp³-hybridized carbons (Fsp3) is 0. The molecule has 5 heteroatoms. The van der Waals surface area contributed by atoms with Gasteiger partial charge in [0.05, 0.1) is 33.1 Å². The highest BCUT2D eigenvalue weighted by molar-refractivity contribution is 6.28. The number of aromatic nitrogens is 4. The molecule has 12 rings (SSSR count). The Morgan fingerprint density at radius 2 is 0.948 bits per heavy atom. The van der Waals surface area contributed by atoms with Gasteiger partial charge in [0.15, 0.2) is 0 Å². The summed E-state index contributed by atoms with van der Waals surface area (Å²) in [6.07, 6.45) is 0. The number of hydrogen-bond donors (Lipinski definition) is 0. The summed E-state index contributed by atoms with van der Waals surface area (Å²) >= 11 is 0. The molecule has 0 spiro atoms. The highest BCUT2D eigenvalue weighted by Gasteiger charge is 2.24. The first-order valence-electron chi connectivity index (χ1n) is 19.5. The average Bonchev–Trinajstić information content (AvgIpc) is 3.64. The van der Waals surface area contributed by atoms with Crippen LogP contribution in [0.2, 0.25) is 0 Å². The Morgan fingerprint density at radius 1 is 0.362 bits per heavy atom. The van der Waals surface area contributed by atoms with Crippen molar-refractivity contribution in [2.45, 2.75) is 0 Å². The van der Waals surface area contributed by atoms with Gasteiger partial charge >= 0.3 is 0 Å². The molecule has 3 aromatic heterocycles. The van der Waals surface area contributed by atoms with Crippen LogP contribution in [0.1, 0.15) is 0 Å². The molecule has 0 aliphatic carbocycles. The highest BCUT2D eigenvalue weighted by atomic mass is 16.1. The van der Waals surface area contributed by atoms with Gasteiger partial charge in [-0.2, -0.15) is 0 Å². The molecule has 0 fully saturated rings. The lowest BCUT2D eigenvalue weighted by molar-refractivity contribution is 1.01. The van der Waals surface area contributed by atoms with Crippen molar-refractivity contribution in [1.82, 2.24) is 19.1 Å². The van der Waals surface area contributed by atoms with Gasteiger partial charge in [0.2, 0.25) is 5.95 Å². The number of fused-ring (bicyclic) bond motifs is 12. The zero-order valence-electron chi connectivity index (χ0n) is 31.2. The molecule has 0 saturated heterocycles. The van der Waals surface area contributed by atoms with Crippen LogP contribution in [-0.4, -0.2) is 19.1 Å². The average molecular weight is 741 g/mol. The third-order valence-electron chi connectivity index (χ3n) is 11.7. The first-order chi connectivity index (χ1) is 28.7. The Balaban J connectivity index is 1.25. The standard InChI is InChI=1S/C53H32N4O/c58-52-49-42(41-21-11-12-22-45(41)56(52)38-17-5-2-6-18-38)29-30-43-47-39-19-9-7-16-36(39)28-32-46(47)57(51(43)49)53-54-44-31-27-35-15-8-10-20-40(35)48(44)50(55-53)37-25-23-34(24-26-37)33-13-3-1-4-14-33/h1-32H. The smallest absolute Gasteiger partial charge is 0.265 e. The van der Waals surface area contributed by atoms with Crippen LogP contribution in [0.3, 0.4) is 0 Å². The molecule has 0 bridgehead atoms. The number of rotatable bonds is 4. The monoisotopic (exact) mass is 740 g/mol. The van der Waals surface area contributed by atoms with Gasteiger partial charge in [0.1, 0.15) is 0 Å². The van der Waals surface area contributed by atoms with Gasteiger partial charge in [-0.05, 0) is 68.4 Å². The Bertz CT molecular complexity index is 3680. The van der Waals surface area contributed by atoms with Gasteiger partial charge in [-0.1, -0.05) is 164 Å². The zero-order valence-corrected chi connectivity index (χ0v) is 31.2. The van der Waals surface area contributed by atoms with Crippen molar-refractivity contribution in [3.05, 3.63) is 204 Å². The first-order valence-corrected chi connectivity index (χ1v) is 19.5. The van der Waals surface area contributed by atoms with E-state index >= 15 is 4.79 Å². The van der Waals surface area contributed by atoms with Crippen molar-refractivity contribution in [3.63, 3.8) is 0 Å². The maximum absolute atomic E-state index is 15.4. The van der Waals surface area contributed by atoms with Gasteiger partial charge < -0.3 is 0 Å². The van der Waals surface area contributed by atoms with E-state index in [4.69, 9.17) is 9.97 Å². The molecule has 9 aromatic carbocycles. The minimum atomic E-state index is -0.0950. The Kier molecular flexibility index (Phi) is 7.01. The summed E-state index contributed by atoms with van der Waals surface area (Å²) in [6.45, 7) is 0. The maximum Gasteiger partial charge on any atom is 0.265 e. The van der Waals surface area contributed by atoms with Gasteiger partial charge in [0.25, 0.3) is 5.56 Å². The Hall–Kier alpha value is -7.89. The summed E-state index contributed by atoms with van der Waals surface area (Å²) in [5, 5.41) is 9.97. The van der Waals surface area contributed by atoms with Crippen LogP contribution in [0.4, 0.5) is 0 Å². The van der Waals surface area contributed by atoms with Gasteiger partial charge in [-0.25, -0.2) is 9.97 Å². The summed E-state index contributed by atoms with van der Waals surface area (Å²) in [4.78, 5) is 26.4. The van der Waals surface area contributed by atoms with Crippen molar-refractivity contribution in [2.75, 3.05) is 0 Å². The van der Waals surface area contributed by atoms with Crippen molar-refractivity contribution in [1.29, 1.82) is 0 Å². The molecule has 270 valence electrons. The van der Waals surface area contributed by atoms with Gasteiger partial charge in [0, 0.05) is 32.8 Å². The van der Waals surface area contributed by atoms with Crippen LogP contribution in [0.25, 0.3) is 110 Å². The third kappa shape index (κ3) is 4.74. The normalized spacial score (nSPS) is 11.9. The lowest BCUT2D eigenvalue weighted by atomic mass is 9.98. The van der Waals surface area contributed by atoms with E-state index in [9.17, 15) is 0 Å². The van der Waals surface area contributed by atoms with Crippen molar-refractivity contribution < 1.29 is 0 Å². The second-order valence-electron chi connectivity index (χ2n) is 14.9. The van der Waals surface area contributed by atoms with E-state index in [1.807, 2.05) is 59.2 Å². The summed E-state index contributed by atoms with van der Waals surface area (Å²) in [7, 11) is 0. The fourth-order valence-electron chi connectivity index (χ4n) is 9.13. The van der Waals surface area contributed by atoms with Gasteiger partial charge in [-0.3, -0.25) is 13.9 Å². The van der Waals surface area contributed by atoms with Crippen LogP contribution < -0.4 is 5.56 Å². The fourth-order valence-corrected chi connectivity index (χ4v) is 9.13. The molecule has 0 unspecified atom stereocenters. The van der Waals surface area contributed by atoms with E-state index in [0.717, 1.165) is 98.6 Å². The van der Waals surface area contributed by atoms with Gasteiger partial charge in [-0.15, -0.1) is 0 Å². The second-order valence-corrected chi connectivity index (χ2v) is 14.9. The van der Waals surface area contributed by atoms with Crippen LogP contribution in [0.15, 0.2) is 199 Å². The second kappa shape index (κ2) is 12.6. The number of benzene rings is 9. The molecule has 0 saturated carbocycles. The number of hydrogen-bond acceptors (Lipinski definition) is 3. The number of nitrogens with zero attached hydrogens (tertiary/aromatic N) is 4. The molecular weight excluding hydrogens is 709 g/mol. The molecule has 5 nitrogen and oxygen atoms in total. The van der Waals surface area contributed by atoms with Crippen molar-refractivity contribution in [3.8, 4) is 34.0 Å². The highest BCUT2D eigenvalue weighted by Crippen LogP contribution is 2.42. The summed E-state index contributed by atoms with van der Waals surface area (Å²) in [5.41, 5.74) is 8.23. The van der Waals surface area contributed by atoms with E-state index in [1.54, 1.807) is 0 Å². The van der Waals surface area contributed by atoms with Crippen molar-refractivity contribution in [2.24, 2.45) is 0 Å². The summed E-state index contributed by atoms with van der Waals surface area (Å²) < 4.78 is 3.99. The molecule has 0 N–H and O–H groups in total. The van der Waals surface area contributed by atoms with Crippen LogP contribution in [-0.2, 0) is 0 Å². The van der Waals surface area contributed by atoms with E-state index in [2.05, 4.69) is 144 Å². The predicted molar refractivity (Wildman–Crippen MR) is 240 cm³/mol. The van der Waals surface area contributed by atoms with Crippen LogP contribution in [0, 0.1) is 0 Å². The minimum Gasteiger partial charge on any atom is -0.277 e. The van der Waals surface area contributed by atoms with E-state index in [-0.39, 0.29) is 5.56 Å². The molecular formula is C53H32N4O. The van der Waals surface area contributed by atoms with E-state index in [0.29, 0.717) is 11.3 Å². The van der Waals surface area contributed by atoms with E-state index < -0.39 is 0 Å². The predicted octanol–water partition coefficient (Wildman–Crippen LogP) is 12.8. The first kappa shape index (κ1) is 32.4. The molecule has 3 heterocycles. The summed E-state index contributed by atoms with van der Waals surface area (Å²) in [6, 6.07) is 66.9. The lowest BCUT2D eigenvalue weighted by Crippen LogP contribution is -2.20. The SMILES string of the molecule is O=c1c2c(ccc3c4c5ccccc5ccc4n(-c4nc(-c5ccc(-c6ccccc6)cc5)c5c(ccc6ccccc65)n4)c32)c2ccccc2n1-c1ccccc1. The van der Waals surface area contributed by atoms with Crippen molar-refractivity contribution >= 4 is 75.9 Å². The Morgan fingerprint density at radius 3 is 1.71 bits per heavy atom. The van der Waals surface area contributed by atoms with Crippen LogP contribution >= 0.6 is 0 Å². The molecule has 0 aliphatic heterocycles. The number of pyridine rings is 1. The Labute approximate surface area is 332 Å². The molecule has 0 atom stereocenters. The zero-order chi connectivity index (χ0) is 38.3. The van der Waals surface area contributed by atoms with E-state index in [1.165, 1.54) is 0 Å². The van der Waals surface area contributed by atoms with Crippen LogP contribution in [0.5, 0.6) is 0 Å². The molecule has 0 aliphatic rings. The topological polar surface area (TPSA) is 52.7 Å². The molecule has 12 aromatic rings. The number of para-hydroxylation sites is 2. The quantitative estimate of drug-likeness (QED) is 0.169. The largest absolute Gasteiger partial charge is 0.277 e. The molecule has 0 amide bonds. The summed E-state index contributed by atoms with van der Waals surface area (Å²) in [5.74, 6) is 0.506. The molecule has 58 heavy (non-hydrogen) atoms.